The number of amides is 1. The molecule has 132 valence electrons. The Kier molecular flexibility index (Phi) is 6.52. The third-order valence-electron chi connectivity index (χ3n) is 3.24. The van der Waals surface area contributed by atoms with Crippen LogP contribution in [0.4, 0.5) is 10.1 Å². The summed E-state index contributed by atoms with van der Waals surface area (Å²) in [7, 11) is 0. The van der Waals surface area contributed by atoms with Crippen LogP contribution < -0.4 is 10.1 Å². The summed E-state index contributed by atoms with van der Waals surface area (Å²) in [5.41, 5.74) is 0.301. The summed E-state index contributed by atoms with van der Waals surface area (Å²) in [6.07, 6.45) is -1.08. The maximum atomic E-state index is 13.8. The van der Waals surface area contributed by atoms with Gasteiger partial charge in [0, 0.05) is 10.2 Å². The van der Waals surface area contributed by atoms with E-state index in [9.17, 15) is 14.0 Å². The number of hydrogen-bond acceptors (Lipinski definition) is 4. The van der Waals surface area contributed by atoms with Crippen molar-refractivity contribution in [2.45, 2.75) is 20.0 Å². The first kappa shape index (κ1) is 18.9. The van der Waals surface area contributed by atoms with E-state index in [0.29, 0.717) is 22.5 Å². The van der Waals surface area contributed by atoms with Crippen LogP contribution in [0, 0.1) is 5.82 Å². The number of hydrogen-bond donors (Lipinski definition) is 1. The normalized spacial score (nSPS) is 11.5. The fourth-order valence-electron chi connectivity index (χ4n) is 1.98. The van der Waals surface area contributed by atoms with Gasteiger partial charge in [0.05, 0.1) is 12.2 Å². The lowest BCUT2D eigenvalue weighted by molar-refractivity contribution is -0.123. The number of anilines is 1. The van der Waals surface area contributed by atoms with E-state index in [0.717, 1.165) is 6.07 Å². The lowest BCUT2D eigenvalue weighted by Gasteiger charge is -2.14. The highest BCUT2D eigenvalue weighted by Gasteiger charge is 2.21. The Morgan fingerprint density at radius 2 is 1.88 bits per heavy atom. The van der Waals surface area contributed by atoms with E-state index in [2.05, 4.69) is 21.2 Å². The number of carbonyl (C=O) groups is 2. The van der Waals surface area contributed by atoms with Crippen LogP contribution in [0.3, 0.4) is 0 Å². The first-order valence-electron chi connectivity index (χ1n) is 7.60. The Morgan fingerprint density at radius 3 is 2.48 bits per heavy atom. The van der Waals surface area contributed by atoms with Crippen molar-refractivity contribution in [2.24, 2.45) is 0 Å². The number of halogens is 2. The minimum atomic E-state index is -1.08. The average Bonchev–Trinajstić information content (AvgIpc) is 2.56. The van der Waals surface area contributed by atoms with Crippen molar-refractivity contribution in [3.8, 4) is 5.75 Å². The van der Waals surface area contributed by atoms with Gasteiger partial charge in [-0.25, -0.2) is 9.18 Å². The van der Waals surface area contributed by atoms with Gasteiger partial charge in [0.15, 0.2) is 6.10 Å². The number of carbonyl (C=O) groups excluding carboxylic acids is 2. The quantitative estimate of drug-likeness (QED) is 0.727. The highest BCUT2D eigenvalue weighted by Crippen LogP contribution is 2.18. The summed E-state index contributed by atoms with van der Waals surface area (Å²) in [4.78, 5) is 24.1. The highest BCUT2D eigenvalue weighted by atomic mass is 79.9. The standard InChI is InChI=1S/C18H17BrFNO4/c1-3-24-14-7-5-13(6-8-14)21-17(22)11(2)25-18(23)15-9-4-12(19)10-16(15)20/h4-11H,3H2,1-2H3,(H,21,22)/t11-/m1/s1. The molecule has 0 unspecified atom stereocenters. The van der Waals surface area contributed by atoms with Crippen LogP contribution in [0.2, 0.25) is 0 Å². The fraction of sp³-hybridized carbons (Fsp3) is 0.222. The molecule has 7 heteroatoms. The molecule has 25 heavy (non-hydrogen) atoms. The van der Waals surface area contributed by atoms with E-state index < -0.39 is 23.8 Å². The molecule has 0 spiro atoms. The largest absolute Gasteiger partial charge is 0.494 e. The third-order valence-corrected chi connectivity index (χ3v) is 3.73. The molecule has 0 heterocycles. The van der Waals surface area contributed by atoms with E-state index in [1.54, 1.807) is 24.3 Å². The average molecular weight is 410 g/mol. The molecule has 2 aromatic carbocycles. The Balaban J connectivity index is 1.96. The van der Waals surface area contributed by atoms with E-state index in [4.69, 9.17) is 9.47 Å². The molecule has 0 aromatic heterocycles. The Hall–Kier alpha value is -2.41. The maximum absolute atomic E-state index is 13.8. The second-order valence-electron chi connectivity index (χ2n) is 5.12. The Labute approximate surface area is 153 Å². The van der Waals surface area contributed by atoms with Crippen molar-refractivity contribution < 1.29 is 23.5 Å². The molecular formula is C18H17BrFNO4. The number of ether oxygens (including phenoxy) is 2. The van der Waals surface area contributed by atoms with Crippen molar-refractivity contribution in [1.29, 1.82) is 0 Å². The summed E-state index contributed by atoms with van der Waals surface area (Å²) in [5.74, 6) is -1.46. The number of esters is 1. The van der Waals surface area contributed by atoms with Gasteiger partial charge in [-0.3, -0.25) is 4.79 Å². The number of rotatable bonds is 6. The van der Waals surface area contributed by atoms with Crippen molar-refractivity contribution >= 4 is 33.5 Å². The van der Waals surface area contributed by atoms with Crippen molar-refractivity contribution in [3.63, 3.8) is 0 Å². The highest BCUT2D eigenvalue weighted by molar-refractivity contribution is 9.10. The number of nitrogens with one attached hydrogen (secondary N) is 1. The van der Waals surface area contributed by atoms with Gasteiger partial charge in [-0.1, -0.05) is 15.9 Å². The van der Waals surface area contributed by atoms with Crippen molar-refractivity contribution in [3.05, 3.63) is 58.3 Å². The molecular weight excluding hydrogens is 393 g/mol. The van der Waals surface area contributed by atoms with Crippen molar-refractivity contribution in [2.75, 3.05) is 11.9 Å². The van der Waals surface area contributed by atoms with Gasteiger partial charge in [0.2, 0.25) is 0 Å². The molecule has 2 rings (SSSR count). The molecule has 1 N–H and O–H groups in total. The molecule has 0 bridgehead atoms. The van der Waals surface area contributed by atoms with E-state index in [1.807, 2.05) is 6.92 Å². The molecule has 0 radical (unpaired) electrons. The second-order valence-corrected chi connectivity index (χ2v) is 6.03. The minimum Gasteiger partial charge on any atom is -0.494 e. The van der Waals surface area contributed by atoms with Crippen LogP contribution in [-0.4, -0.2) is 24.6 Å². The van der Waals surface area contributed by atoms with Gasteiger partial charge < -0.3 is 14.8 Å². The maximum Gasteiger partial charge on any atom is 0.341 e. The van der Waals surface area contributed by atoms with Crippen LogP contribution in [0.5, 0.6) is 5.75 Å². The predicted molar refractivity (Wildman–Crippen MR) is 95.2 cm³/mol. The van der Waals surface area contributed by atoms with Gasteiger partial charge in [-0.05, 0) is 56.3 Å². The molecule has 2 aromatic rings. The summed E-state index contributed by atoms with van der Waals surface area (Å²) in [6.45, 7) is 3.84. The topological polar surface area (TPSA) is 64.6 Å². The molecule has 5 nitrogen and oxygen atoms in total. The summed E-state index contributed by atoms with van der Waals surface area (Å²) >= 11 is 3.11. The molecule has 0 fully saturated rings. The molecule has 0 aliphatic carbocycles. The van der Waals surface area contributed by atoms with Crippen LogP contribution in [0.25, 0.3) is 0 Å². The summed E-state index contributed by atoms with van der Waals surface area (Å²) in [6, 6.07) is 10.7. The van der Waals surface area contributed by atoms with E-state index >= 15 is 0 Å². The zero-order valence-corrected chi connectivity index (χ0v) is 15.3. The Morgan fingerprint density at radius 1 is 1.20 bits per heavy atom. The molecule has 1 atom stereocenters. The second kappa shape index (κ2) is 8.62. The van der Waals surface area contributed by atoms with Crippen LogP contribution in [0.1, 0.15) is 24.2 Å². The first-order valence-corrected chi connectivity index (χ1v) is 8.39. The smallest absolute Gasteiger partial charge is 0.341 e. The predicted octanol–water partition coefficient (Wildman–Crippen LogP) is 4.17. The van der Waals surface area contributed by atoms with Gasteiger partial charge in [0.25, 0.3) is 5.91 Å². The van der Waals surface area contributed by atoms with Crippen molar-refractivity contribution in [1.82, 2.24) is 0 Å². The summed E-state index contributed by atoms with van der Waals surface area (Å²) < 4.78 is 24.6. The fourth-order valence-corrected chi connectivity index (χ4v) is 2.31. The third kappa shape index (κ3) is 5.29. The molecule has 0 saturated carbocycles. The molecule has 0 aliphatic rings. The first-order chi connectivity index (χ1) is 11.9. The Bertz CT molecular complexity index is 764. The monoisotopic (exact) mass is 409 g/mol. The zero-order chi connectivity index (χ0) is 18.4. The van der Waals surface area contributed by atoms with Gasteiger partial charge in [-0.15, -0.1) is 0 Å². The lowest BCUT2D eigenvalue weighted by atomic mass is 10.2. The zero-order valence-electron chi connectivity index (χ0n) is 13.7. The van der Waals surface area contributed by atoms with E-state index in [1.165, 1.54) is 19.1 Å². The van der Waals surface area contributed by atoms with Gasteiger partial charge >= 0.3 is 5.97 Å². The van der Waals surface area contributed by atoms with Crippen LogP contribution >= 0.6 is 15.9 Å². The lowest BCUT2D eigenvalue weighted by Crippen LogP contribution is -2.30. The van der Waals surface area contributed by atoms with E-state index in [-0.39, 0.29) is 5.56 Å². The summed E-state index contributed by atoms with van der Waals surface area (Å²) in [5, 5.41) is 2.62. The molecule has 0 aliphatic heterocycles. The molecule has 0 saturated heterocycles. The van der Waals surface area contributed by atoms with Gasteiger partial charge in [-0.2, -0.15) is 0 Å². The van der Waals surface area contributed by atoms with Gasteiger partial charge in [0.1, 0.15) is 11.6 Å². The minimum absolute atomic E-state index is 0.232. The molecule has 1 amide bonds. The number of benzene rings is 2. The SMILES string of the molecule is CCOc1ccc(NC(=O)[C@@H](C)OC(=O)c2ccc(Br)cc2F)cc1. The van der Waals surface area contributed by atoms with Crippen LogP contribution in [-0.2, 0) is 9.53 Å². The van der Waals surface area contributed by atoms with Crippen LogP contribution in [0.15, 0.2) is 46.9 Å².